The molecule has 2 N–H and O–H groups in total. The summed E-state index contributed by atoms with van der Waals surface area (Å²) in [6.07, 6.45) is -0.589. The first-order chi connectivity index (χ1) is 20.2. The average Bonchev–Trinajstić information content (AvgIpc) is 2.98. The number of fused-ring (bicyclic) bond motifs is 1. The molecule has 4 amide bonds. The largest absolute Gasteiger partial charge is 0.508 e. The van der Waals surface area contributed by atoms with Gasteiger partial charge in [0.1, 0.15) is 29.5 Å². The molecule has 2 aliphatic heterocycles. The van der Waals surface area contributed by atoms with E-state index in [4.69, 9.17) is 4.74 Å². The molecule has 0 saturated carbocycles. The Bertz CT molecular complexity index is 1430. The predicted octanol–water partition coefficient (Wildman–Crippen LogP) is 3.28. The molecule has 2 unspecified atom stereocenters. The van der Waals surface area contributed by atoms with Gasteiger partial charge in [-0.2, -0.15) is 0 Å². The number of benzene rings is 3. The van der Waals surface area contributed by atoms with Gasteiger partial charge in [-0.3, -0.25) is 9.59 Å². The molecular weight excluding hydrogens is 541 g/mol. The highest BCUT2D eigenvalue weighted by Gasteiger charge is 2.51. The third-order valence-electron chi connectivity index (χ3n) is 7.88. The highest BCUT2D eigenvalue weighted by molar-refractivity contribution is 5.92. The number of methoxy groups -OCH3 is 1. The number of phenols is 1. The summed E-state index contributed by atoms with van der Waals surface area (Å²) in [6.45, 7) is 2.08. The fourth-order valence-corrected chi connectivity index (χ4v) is 5.59. The number of carbonyl (C=O) groups is 3. The standard InChI is InChI=1S/C31H34FN5O5/c1-20(23-8-10-24(32)11-9-23)35-18-28-36(27(30(35)40)16-21-4-12-25(38)13-5-21)29(39)19-34(2)37(28)31(41)33-17-22-6-14-26(42-3)15-7-22/h4-15,20,27-28,38H,16-19H2,1-3H3,(H,33,41)/t20?,27-,28?/m0/s1. The number of hydrogen-bond donors (Lipinski definition) is 2. The molecule has 5 rings (SSSR count). The van der Waals surface area contributed by atoms with Crippen LogP contribution in [-0.4, -0.2) is 82.2 Å². The van der Waals surface area contributed by atoms with Crippen LogP contribution < -0.4 is 10.1 Å². The number of ether oxygens (including phenoxy) is 1. The summed E-state index contributed by atoms with van der Waals surface area (Å²) in [6, 6.07) is 18.0. The Morgan fingerprint density at radius 2 is 1.67 bits per heavy atom. The van der Waals surface area contributed by atoms with Gasteiger partial charge in [-0.15, -0.1) is 0 Å². The lowest BCUT2D eigenvalue weighted by molar-refractivity contribution is -0.189. The number of phenolic OH excluding ortho intramolecular Hbond substituents is 1. The van der Waals surface area contributed by atoms with Crippen LogP contribution in [0.2, 0.25) is 0 Å². The molecule has 11 heteroatoms. The lowest BCUT2D eigenvalue weighted by atomic mass is 9.96. The van der Waals surface area contributed by atoms with Gasteiger partial charge in [-0.1, -0.05) is 36.4 Å². The number of halogens is 1. The number of hydrazine groups is 1. The van der Waals surface area contributed by atoms with Gasteiger partial charge in [0.05, 0.1) is 26.2 Å². The maximum Gasteiger partial charge on any atom is 0.334 e. The number of urea groups is 1. The van der Waals surface area contributed by atoms with E-state index in [1.807, 2.05) is 31.2 Å². The molecule has 2 saturated heterocycles. The van der Waals surface area contributed by atoms with E-state index in [0.29, 0.717) is 5.75 Å². The first-order valence-electron chi connectivity index (χ1n) is 13.7. The van der Waals surface area contributed by atoms with Gasteiger partial charge in [0.25, 0.3) is 0 Å². The number of hydrogen-bond acceptors (Lipinski definition) is 6. The molecule has 42 heavy (non-hydrogen) atoms. The van der Waals surface area contributed by atoms with Gasteiger partial charge in [-0.05, 0) is 60.0 Å². The summed E-state index contributed by atoms with van der Waals surface area (Å²) in [4.78, 5) is 44.4. The van der Waals surface area contributed by atoms with Crippen molar-refractivity contribution in [3.05, 3.63) is 95.3 Å². The second-order valence-corrected chi connectivity index (χ2v) is 10.6. The topological polar surface area (TPSA) is 106 Å². The van der Waals surface area contributed by atoms with Crippen molar-refractivity contribution in [1.82, 2.24) is 25.1 Å². The first-order valence-corrected chi connectivity index (χ1v) is 13.7. The summed E-state index contributed by atoms with van der Waals surface area (Å²) >= 11 is 0. The summed E-state index contributed by atoms with van der Waals surface area (Å²) in [5.74, 6) is -0.127. The van der Waals surface area contributed by atoms with Crippen LogP contribution in [0.25, 0.3) is 0 Å². The number of nitrogens with one attached hydrogen (secondary N) is 1. The van der Waals surface area contributed by atoms with Crippen molar-refractivity contribution in [1.29, 1.82) is 0 Å². The van der Waals surface area contributed by atoms with Gasteiger partial charge >= 0.3 is 6.03 Å². The summed E-state index contributed by atoms with van der Waals surface area (Å²) in [5, 5.41) is 15.8. The van der Waals surface area contributed by atoms with Gasteiger partial charge in [-0.25, -0.2) is 19.2 Å². The normalized spacial score (nSPS) is 19.9. The minimum absolute atomic E-state index is 0.0650. The molecule has 2 aliphatic rings. The zero-order chi connectivity index (χ0) is 30.0. The smallest absolute Gasteiger partial charge is 0.334 e. The molecule has 3 aromatic carbocycles. The second-order valence-electron chi connectivity index (χ2n) is 10.6. The molecule has 0 radical (unpaired) electrons. The monoisotopic (exact) mass is 575 g/mol. The lowest BCUT2D eigenvalue weighted by Crippen LogP contribution is -2.76. The molecule has 3 atom stereocenters. The second kappa shape index (κ2) is 12.1. The van der Waals surface area contributed by atoms with Crippen LogP contribution in [0.15, 0.2) is 72.8 Å². The molecule has 220 valence electrons. The van der Waals surface area contributed by atoms with E-state index < -0.39 is 24.3 Å². The number of likely N-dealkylation sites (N-methyl/N-ethyl adjacent to an activating group) is 1. The first kappa shape index (κ1) is 28.9. The van der Waals surface area contributed by atoms with E-state index in [-0.39, 0.29) is 49.4 Å². The van der Waals surface area contributed by atoms with Crippen LogP contribution in [0.3, 0.4) is 0 Å². The molecule has 10 nitrogen and oxygen atoms in total. The maximum absolute atomic E-state index is 14.1. The van der Waals surface area contributed by atoms with Crippen molar-refractivity contribution in [2.45, 2.75) is 38.1 Å². The number of rotatable bonds is 7. The molecular formula is C31H34FN5O5. The van der Waals surface area contributed by atoms with Gasteiger partial charge in [0, 0.05) is 20.0 Å². The Morgan fingerprint density at radius 1 is 1.02 bits per heavy atom. The molecule has 2 fully saturated rings. The van der Waals surface area contributed by atoms with Crippen LogP contribution in [-0.2, 0) is 22.6 Å². The lowest BCUT2D eigenvalue weighted by Gasteiger charge is -2.55. The Hall–Kier alpha value is -4.64. The van der Waals surface area contributed by atoms with Crippen LogP contribution in [0.1, 0.15) is 29.7 Å². The van der Waals surface area contributed by atoms with E-state index >= 15 is 0 Å². The SMILES string of the molecule is COc1ccc(CNC(=O)N2C3CN(C(C)c4ccc(F)cc4)C(=O)[C@H](Cc4ccc(O)cc4)N3C(=O)CN2C)cc1. The van der Waals surface area contributed by atoms with E-state index in [1.54, 1.807) is 48.3 Å². The fourth-order valence-electron chi connectivity index (χ4n) is 5.59. The Labute approximate surface area is 243 Å². The van der Waals surface area contributed by atoms with Crippen molar-refractivity contribution < 1.29 is 28.6 Å². The number of nitrogens with zero attached hydrogens (tertiary/aromatic N) is 4. The van der Waals surface area contributed by atoms with Crippen molar-refractivity contribution >= 4 is 17.8 Å². The molecule has 0 bridgehead atoms. The predicted molar refractivity (Wildman–Crippen MR) is 152 cm³/mol. The molecule has 0 spiro atoms. The summed E-state index contributed by atoms with van der Waals surface area (Å²) in [5.41, 5.74) is 2.35. The van der Waals surface area contributed by atoms with Crippen molar-refractivity contribution in [2.75, 3.05) is 27.2 Å². The summed E-state index contributed by atoms with van der Waals surface area (Å²) < 4.78 is 18.9. The zero-order valence-electron chi connectivity index (χ0n) is 23.7. The van der Waals surface area contributed by atoms with E-state index in [1.165, 1.54) is 34.2 Å². The van der Waals surface area contributed by atoms with Crippen molar-refractivity contribution in [2.24, 2.45) is 0 Å². The Morgan fingerprint density at radius 3 is 2.31 bits per heavy atom. The van der Waals surface area contributed by atoms with Crippen molar-refractivity contribution in [3.63, 3.8) is 0 Å². The van der Waals surface area contributed by atoms with Crippen LogP contribution >= 0.6 is 0 Å². The number of carbonyl (C=O) groups excluding carboxylic acids is 3. The van der Waals surface area contributed by atoms with E-state index in [0.717, 1.165) is 16.7 Å². The van der Waals surface area contributed by atoms with E-state index in [2.05, 4.69) is 5.32 Å². The number of amides is 4. The maximum atomic E-state index is 14.1. The highest BCUT2D eigenvalue weighted by atomic mass is 19.1. The fraction of sp³-hybridized carbons (Fsp3) is 0.323. The van der Waals surface area contributed by atoms with Gasteiger partial charge in [0.15, 0.2) is 0 Å². The minimum atomic E-state index is -0.894. The molecule has 3 aromatic rings. The molecule has 0 aromatic heterocycles. The van der Waals surface area contributed by atoms with E-state index in [9.17, 15) is 23.9 Å². The Kier molecular flexibility index (Phi) is 8.30. The van der Waals surface area contributed by atoms with Gasteiger partial charge in [0.2, 0.25) is 11.8 Å². The molecule has 0 aliphatic carbocycles. The van der Waals surface area contributed by atoms with Crippen LogP contribution in [0.5, 0.6) is 11.5 Å². The highest BCUT2D eigenvalue weighted by Crippen LogP contribution is 2.33. The number of piperazine rings is 1. The Balaban J connectivity index is 1.46. The van der Waals surface area contributed by atoms with Gasteiger partial charge < -0.3 is 25.0 Å². The minimum Gasteiger partial charge on any atom is -0.508 e. The third kappa shape index (κ3) is 5.87. The zero-order valence-corrected chi connectivity index (χ0v) is 23.7. The quantitative estimate of drug-likeness (QED) is 0.448. The molecule has 2 heterocycles. The van der Waals surface area contributed by atoms with Crippen LogP contribution in [0, 0.1) is 5.82 Å². The van der Waals surface area contributed by atoms with Crippen molar-refractivity contribution in [3.8, 4) is 11.5 Å². The average molecular weight is 576 g/mol. The van der Waals surface area contributed by atoms with Crippen LogP contribution in [0.4, 0.5) is 9.18 Å². The third-order valence-corrected chi connectivity index (χ3v) is 7.88. The summed E-state index contributed by atoms with van der Waals surface area (Å²) in [7, 11) is 3.25. The number of aromatic hydroxyl groups is 1.